The van der Waals surface area contributed by atoms with Crippen LogP contribution < -0.4 is 15.5 Å². The Morgan fingerprint density at radius 2 is 2.15 bits per heavy atom. The highest BCUT2D eigenvalue weighted by Gasteiger charge is 2.54. The number of aliphatic carboxylic acids is 1. The summed E-state index contributed by atoms with van der Waals surface area (Å²) < 4.78 is 2.06. The number of oxime groups is 1. The second-order valence-electron chi connectivity index (χ2n) is 8.88. The minimum Gasteiger partial charge on any atom is -0.477 e. The first-order valence-corrected chi connectivity index (χ1v) is 13.7. The molecule has 0 spiro atoms. The molecular formula is C25H22N7O5S2+. The highest BCUT2D eigenvalue weighted by Crippen LogP contribution is 2.41. The molecule has 2 aliphatic rings. The predicted octanol–water partition coefficient (Wildman–Crippen LogP) is 1.28. The zero-order valence-electron chi connectivity index (χ0n) is 20.5. The summed E-state index contributed by atoms with van der Waals surface area (Å²) in [7, 11) is 1.29. The molecule has 0 bridgehead atoms. The molecule has 198 valence electrons. The monoisotopic (exact) mass is 564 g/mol. The number of carbonyl (C=O) groups excluding carboxylic acids is 2. The van der Waals surface area contributed by atoms with Crippen LogP contribution in [-0.4, -0.2) is 67.7 Å². The number of fused-ring (bicyclic) bond motifs is 4. The summed E-state index contributed by atoms with van der Waals surface area (Å²) in [5.74, 6) is -2.00. The second kappa shape index (κ2) is 9.71. The molecule has 1 aromatic carbocycles. The SMILES string of the molecule is CO/N=C(\C(=O)N[C@@H]1C(=O)N2C(C(=O)O)=C(Cc3c[nH]c4ccc5ccccc5[n+]34)CS[C@H]12)c1csc(N)n1. The standard InChI is InChI=1S/C25H21N7O5S2/c1-37-30-18(15-11-39-25(26)28-15)21(33)29-19-22(34)32-20(24(35)36)13(10-38-23(19)32)8-14-9-27-17-7-6-12-4-2-3-5-16(12)31(14)17/h2-7,9,11,19,23H,8,10H2,1H3,(H4,26,28,29,33,35,36)/p+1/b30-18-/t19-,23-/m1/s1. The quantitative estimate of drug-likeness (QED) is 0.113. The van der Waals surface area contributed by atoms with Crippen molar-refractivity contribution >= 4 is 68.3 Å². The van der Waals surface area contributed by atoms with E-state index in [4.69, 9.17) is 10.6 Å². The summed E-state index contributed by atoms with van der Waals surface area (Å²) in [4.78, 5) is 51.9. The number of thiazole rings is 1. The third kappa shape index (κ3) is 4.17. The molecule has 4 aromatic rings. The van der Waals surface area contributed by atoms with E-state index >= 15 is 0 Å². The van der Waals surface area contributed by atoms with Crippen molar-refractivity contribution in [1.82, 2.24) is 20.2 Å². The summed E-state index contributed by atoms with van der Waals surface area (Å²) in [6, 6.07) is 11.0. The lowest BCUT2D eigenvalue weighted by atomic mass is 10.0. The Labute approximate surface area is 229 Å². The lowest BCUT2D eigenvalue weighted by molar-refractivity contribution is -0.489. The zero-order chi connectivity index (χ0) is 27.3. The number of pyridine rings is 1. The number of aromatic nitrogens is 3. The van der Waals surface area contributed by atoms with Gasteiger partial charge in [-0.1, -0.05) is 23.4 Å². The number of imidazole rings is 1. The number of nitrogens with two attached hydrogens (primary N) is 1. The van der Waals surface area contributed by atoms with Gasteiger partial charge in [-0.3, -0.25) is 14.5 Å². The maximum atomic E-state index is 13.2. The molecule has 12 nitrogen and oxygen atoms in total. The van der Waals surface area contributed by atoms with Crippen LogP contribution in [0.15, 0.2) is 64.4 Å². The van der Waals surface area contributed by atoms with E-state index < -0.39 is 29.2 Å². The number of nitrogens with one attached hydrogen (secondary N) is 2. The van der Waals surface area contributed by atoms with Gasteiger partial charge in [0.15, 0.2) is 16.5 Å². The van der Waals surface area contributed by atoms with E-state index in [1.807, 2.05) is 42.6 Å². The lowest BCUT2D eigenvalue weighted by Crippen LogP contribution is -2.71. The topological polar surface area (TPSA) is 167 Å². The molecule has 2 atom stereocenters. The number of aromatic amines is 1. The Morgan fingerprint density at radius 3 is 2.90 bits per heavy atom. The number of hydrogen-bond acceptors (Lipinski definition) is 9. The Kier molecular flexibility index (Phi) is 6.19. The number of hydrogen-bond donors (Lipinski definition) is 4. The fourth-order valence-electron chi connectivity index (χ4n) is 4.92. The number of nitrogen functional groups attached to an aromatic ring is 1. The second-order valence-corrected chi connectivity index (χ2v) is 10.9. The molecule has 0 saturated carbocycles. The van der Waals surface area contributed by atoms with Gasteiger partial charge in [-0.15, -0.1) is 23.1 Å². The van der Waals surface area contributed by atoms with Gasteiger partial charge in [-0.05, 0) is 17.7 Å². The van der Waals surface area contributed by atoms with E-state index in [1.54, 1.807) is 5.38 Å². The van der Waals surface area contributed by atoms with Crippen molar-refractivity contribution in [1.29, 1.82) is 0 Å². The van der Waals surface area contributed by atoms with Gasteiger partial charge in [-0.2, -0.15) is 4.40 Å². The van der Waals surface area contributed by atoms with Crippen molar-refractivity contribution in [2.24, 2.45) is 5.16 Å². The lowest BCUT2D eigenvalue weighted by Gasteiger charge is -2.49. The number of β-lactam (4-membered cyclic amide) rings is 1. The molecule has 2 aliphatic heterocycles. The number of H-pyrrole nitrogens is 1. The molecule has 0 unspecified atom stereocenters. The third-order valence-electron chi connectivity index (χ3n) is 6.61. The number of benzene rings is 1. The molecule has 1 saturated heterocycles. The summed E-state index contributed by atoms with van der Waals surface area (Å²) in [6.45, 7) is 0. The van der Waals surface area contributed by atoms with Crippen LogP contribution >= 0.6 is 23.1 Å². The van der Waals surface area contributed by atoms with Crippen LogP contribution in [-0.2, 0) is 25.6 Å². The molecule has 0 radical (unpaired) electrons. The number of carboxylic acid groups (broad SMARTS) is 1. The normalized spacial score (nSPS) is 19.3. The van der Waals surface area contributed by atoms with E-state index in [9.17, 15) is 19.5 Å². The van der Waals surface area contributed by atoms with Crippen molar-refractivity contribution in [3.8, 4) is 0 Å². The third-order valence-corrected chi connectivity index (χ3v) is 8.62. The molecule has 5 N–H and O–H groups in total. The van der Waals surface area contributed by atoms with Gasteiger partial charge in [-0.25, -0.2) is 14.8 Å². The van der Waals surface area contributed by atoms with Crippen molar-refractivity contribution in [2.45, 2.75) is 17.8 Å². The first-order valence-electron chi connectivity index (χ1n) is 11.8. The van der Waals surface area contributed by atoms with Crippen LogP contribution in [0.4, 0.5) is 5.13 Å². The van der Waals surface area contributed by atoms with Gasteiger partial charge >= 0.3 is 5.97 Å². The van der Waals surface area contributed by atoms with Crippen LogP contribution in [0.3, 0.4) is 0 Å². The average molecular weight is 565 g/mol. The smallest absolute Gasteiger partial charge is 0.352 e. The summed E-state index contributed by atoms with van der Waals surface area (Å²) in [5.41, 5.74) is 9.06. The molecule has 5 heterocycles. The first-order chi connectivity index (χ1) is 18.9. The maximum absolute atomic E-state index is 13.2. The molecule has 6 rings (SSSR count). The molecule has 39 heavy (non-hydrogen) atoms. The largest absolute Gasteiger partial charge is 0.477 e. The first kappa shape index (κ1) is 24.9. The highest BCUT2D eigenvalue weighted by atomic mass is 32.2. The highest BCUT2D eigenvalue weighted by molar-refractivity contribution is 8.00. The van der Waals surface area contributed by atoms with Gasteiger partial charge in [0.05, 0.1) is 0 Å². The molecule has 1 fully saturated rings. The van der Waals surface area contributed by atoms with Crippen LogP contribution in [0.1, 0.15) is 11.4 Å². The van der Waals surface area contributed by atoms with Gasteiger partial charge in [0.2, 0.25) is 0 Å². The Balaban J connectivity index is 1.27. The van der Waals surface area contributed by atoms with Gasteiger partial charge in [0.1, 0.15) is 41.6 Å². The average Bonchev–Trinajstić information content (AvgIpc) is 3.55. The fourth-order valence-corrected chi connectivity index (χ4v) is 6.81. The number of carboxylic acids is 1. The van der Waals surface area contributed by atoms with Crippen molar-refractivity contribution in [3.63, 3.8) is 0 Å². The fraction of sp³-hybridized carbons (Fsp3) is 0.200. The number of nitrogens with zero attached hydrogens (tertiary/aromatic N) is 4. The molecule has 2 amide bonds. The molecule has 0 aliphatic carbocycles. The number of amides is 2. The van der Waals surface area contributed by atoms with Crippen molar-refractivity contribution < 1.29 is 28.7 Å². The van der Waals surface area contributed by atoms with Gasteiger partial charge in [0.25, 0.3) is 17.5 Å². The van der Waals surface area contributed by atoms with Crippen LogP contribution in [0.5, 0.6) is 0 Å². The van der Waals surface area contributed by atoms with Crippen molar-refractivity contribution in [3.05, 3.63) is 70.6 Å². The van der Waals surface area contributed by atoms with Gasteiger partial charge in [0, 0.05) is 29.0 Å². The minimum atomic E-state index is -1.19. The summed E-state index contributed by atoms with van der Waals surface area (Å²) >= 11 is 2.53. The Bertz CT molecular complexity index is 1730. The summed E-state index contributed by atoms with van der Waals surface area (Å²) in [5, 5.41) is 18.8. The van der Waals surface area contributed by atoms with Crippen molar-refractivity contribution in [2.75, 3.05) is 18.6 Å². The van der Waals surface area contributed by atoms with Gasteiger partial charge < -0.3 is 21.0 Å². The predicted molar refractivity (Wildman–Crippen MR) is 145 cm³/mol. The van der Waals surface area contributed by atoms with Crippen LogP contribution in [0.2, 0.25) is 0 Å². The molecular weight excluding hydrogens is 542 g/mol. The Hall–Kier alpha value is -4.43. The number of carbonyl (C=O) groups is 3. The van der Waals surface area contributed by atoms with Crippen LogP contribution in [0, 0.1) is 0 Å². The van der Waals surface area contributed by atoms with E-state index in [0.717, 1.165) is 33.6 Å². The number of thioether (sulfide) groups is 1. The maximum Gasteiger partial charge on any atom is 0.352 e. The zero-order valence-corrected chi connectivity index (χ0v) is 22.1. The van der Waals surface area contributed by atoms with E-state index in [0.29, 0.717) is 17.7 Å². The van der Waals surface area contributed by atoms with E-state index in [-0.39, 0.29) is 22.2 Å². The molecule has 3 aromatic heterocycles. The van der Waals surface area contributed by atoms with E-state index in [1.165, 1.54) is 23.8 Å². The van der Waals surface area contributed by atoms with Crippen LogP contribution in [0.25, 0.3) is 16.6 Å². The minimum absolute atomic E-state index is 0.0532. The number of anilines is 1. The Morgan fingerprint density at radius 1 is 1.33 bits per heavy atom. The number of para-hydroxylation sites is 1. The van der Waals surface area contributed by atoms with E-state index in [2.05, 4.69) is 24.8 Å². The number of rotatable bonds is 7. The summed E-state index contributed by atoms with van der Waals surface area (Å²) in [6.07, 6.45) is 2.19. The molecule has 14 heteroatoms.